The van der Waals surface area contributed by atoms with E-state index in [1.165, 1.54) is 0 Å². The summed E-state index contributed by atoms with van der Waals surface area (Å²) in [6, 6.07) is 13.1. The van der Waals surface area contributed by atoms with Crippen LogP contribution >= 0.6 is 0 Å². The fourth-order valence-electron chi connectivity index (χ4n) is 2.30. The van der Waals surface area contributed by atoms with E-state index in [-0.39, 0.29) is 12.1 Å². The summed E-state index contributed by atoms with van der Waals surface area (Å²) in [7, 11) is 0. The Morgan fingerprint density at radius 3 is 2.55 bits per heavy atom. The first kappa shape index (κ1) is 16.1. The van der Waals surface area contributed by atoms with Gasteiger partial charge in [-0.1, -0.05) is 30.3 Å². The molecule has 0 radical (unpaired) electrons. The van der Waals surface area contributed by atoms with E-state index in [2.05, 4.69) is 10.6 Å². The smallest absolute Gasteiger partial charge is 0.315 e. The van der Waals surface area contributed by atoms with Crippen LogP contribution in [0.15, 0.2) is 54.9 Å². The molecule has 2 unspecified atom stereocenters. The fraction of sp³-hybridized carbons (Fsp3) is 0.353. The third kappa shape index (κ3) is 5.26. The number of nitrogens with zero attached hydrogens (tertiary/aromatic N) is 1. The Morgan fingerprint density at radius 2 is 1.86 bits per heavy atom. The summed E-state index contributed by atoms with van der Waals surface area (Å²) in [4.78, 5) is 11.8. The highest BCUT2D eigenvalue weighted by atomic mass is 16.3. The van der Waals surface area contributed by atoms with Crippen LogP contribution in [-0.2, 0) is 6.54 Å². The maximum absolute atomic E-state index is 11.8. The molecule has 118 valence electrons. The standard InChI is InChI=1S/C17H23N3O2/c1-14(13-16(21)15-7-3-2-4-8-15)19-17(22)18-9-12-20-10-5-6-11-20/h2-8,10-11,14,16,21H,9,12-13H2,1H3,(H2,18,19,22). The average Bonchev–Trinajstić information content (AvgIpc) is 3.01. The summed E-state index contributed by atoms with van der Waals surface area (Å²) in [5, 5.41) is 15.8. The quantitative estimate of drug-likeness (QED) is 0.734. The van der Waals surface area contributed by atoms with Crippen molar-refractivity contribution in [1.82, 2.24) is 15.2 Å². The number of carbonyl (C=O) groups is 1. The topological polar surface area (TPSA) is 66.3 Å². The lowest BCUT2D eigenvalue weighted by Gasteiger charge is -2.18. The van der Waals surface area contributed by atoms with E-state index in [0.29, 0.717) is 13.0 Å². The fourth-order valence-corrected chi connectivity index (χ4v) is 2.30. The third-order valence-corrected chi connectivity index (χ3v) is 3.46. The second kappa shape index (κ2) is 8.24. The van der Waals surface area contributed by atoms with E-state index in [1.54, 1.807) is 0 Å². The first-order chi connectivity index (χ1) is 10.6. The van der Waals surface area contributed by atoms with E-state index >= 15 is 0 Å². The van der Waals surface area contributed by atoms with Gasteiger partial charge in [0.05, 0.1) is 6.10 Å². The minimum Gasteiger partial charge on any atom is -0.388 e. The summed E-state index contributed by atoms with van der Waals surface area (Å²) in [5.74, 6) is 0. The van der Waals surface area contributed by atoms with Crippen LogP contribution in [0.4, 0.5) is 4.79 Å². The molecule has 0 bridgehead atoms. The van der Waals surface area contributed by atoms with Gasteiger partial charge < -0.3 is 20.3 Å². The number of aromatic nitrogens is 1. The largest absolute Gasteiger partial charge is 0.388 e. The lowest BCUT2D eigenvalue weighted by atomic mass is 10.0. The van der Waals surface area contributed by atoms with Gasteiger partial charge in [-0.25, -0.2) is 4.79 Å². The Bertz CT molecular complexity index is 555. The second-order valence-corrected chi connectivity index (χ2v) is 5.38. The highest BCUT2D eigenvalue weighted by molar-refractivity contribution is 5.74. The van der Waals surface area contributed by atoms with Crippen molar-refractivity contribution >= 4 is 6.03 Å². The highest BCUT2D eigenvalue weighted by Gasteiger charge is 2.13. The zero-order chi connectivity index (χ0) is 15.8. The molecule has 0 saturated carbocycles. The zero-order valence-corrected chi connectivity index (χ0v) is 12.8. The lowest BCUT2D eigenvalue weighted by molar-refractivity contribution is 0.154. The molecule has 3 N–H and O–H groups in total. The minimum absolute atomic E-state index is 0.109. The van der Waals surface area contributed by atoms with E-state index in [4.69, 9.17) is 0 Å². The van der Waals surface area contributed by atoms with Crippen LogP contribution in [0.5, 0.6) is 0 Å². The number of nitrogens with one attached hydrogen (secondary N) is 2. The Hall–Kier alpha value is -2.27. The van der Waals surface area contributed by atoms with Crippen molar-refractivity contribution in [2.24, 2.45) is 0 Å². The number of carbonyl (C=O) groups excluding carboxylic acids is 1. The van der Waals surface area contributed by atoms with Gasteiger partial charge in [-0.15, -0.1) is 0 Å². The van der Waals surface area contributed by atoms with Gasteiger partial charge >= 0.3 is 6.03 Å². The Morgan fingerprint density at radius 1 is 1.18 bits per heavy atom. The maximum Gasteiger partial charge on any atom is 0.315 e. The normalized spacial score (nSPS) is 13.4. The maximum atomic E-state index is 11.8. The average molecular weight is 301 g/mol. The Balaban J connectivity index is 1.67. The van der Waals surface area contributed by atoms with E-state index in [0.717, 1.165) is 12.1 Å². The number of rotatable bonds is 7. The zero-order valence-electron chi connectivity index (χ0n) is 12.8. The van der Waals surface area contributed by atoms with Gasteiger partial charge in [0, 0.05) is 31.5 Å². The molecule has 2 amide bonds. The molecular weight excluding hydrogens is 278 g/mol. The molecule has 0 saturated heterocycles. The van der Waals surface area contributed by atoms with Crippen LogP contribution in [0.2, 0.25) is 0 Å². The van der Waals surface area contributed by atoms with Crippen molar-refractivity contribution in [1.29, 1.82) is 0 Å². The number of aliphatic hydroxyl groups is 1. The summed E-state index contributed by atoms with van der Waals surface area (Å²) < 4.78 is 2.00. The van der Waals surface area contributed by atoms with Crippen LogP contribution in [0.25, 0.3) is 0 Å². The number of hydrogen-bond acceptors (Lipinski definition) is 2. The monoisotopic (exact) mass is 301 g/mol. The van der Waals surface area contributed by atoms with Gasteiger partial charge in [-0.2, -0.15) is 0 Å². The molecule has 0 aliphatic rings. The van der Waals surface area contributed by atoms with Gasteiger partial charge in [-0.3, -0.25) is 0 Å². The molecular formula is C17H23N3O2. The first-order valence-corrected chi connectivity index (χ1v) is 7.53. The molecule has 0 fully saturated rings. The number of amides is 2. The van der Waals surface area contributed by atoms with Gasteiger partial charge in [0.15, 0.2) is 0 Å². The van der Waals surface area contributed by atoms with Crippen LogP contribution in [0.1, 0.15) is 25.0 Å². The van der Waals surface area contributed by atoms with Gasteiger partial charge in [0.2, 0.25) is 0 Å². The van der Waals surface area contributed by atoms with Gasteiger partial charge in [0.25, 0.3) is 0 Å². The number of urea groups is 1. The first-order valence-electron chi connectivity index (χ1n) is 7.53. The van der Waals surface area contributed by atoms with Crippen molar-refractivity contribution in [3.8, 4) is 0 Å². The van der Waals surface area contributed by atoms with Crippen LogP contribution in [-0.4, -0.2) is 28.3 Å². The van der Waals surface area contributed by atoms with Gasteiger partial charge in [0.1, 0.15) is 0 Å². The summed E-state index contributed by atoms with van der Waals surface area (Å²) in [6.45, 7) is 3.19. The molecule has 1 aromatic carbocycles. The van der Waals surface area contributed by atoms with E-state index in [9.17, 15) is 9.90 Å². The predicted octanol–water partition coefficient (Wildman–Crippen LogP) is 2.30. The molecule has 1 aromatic heterocycles. The second-order valence-electron chi connectivity index (χ2n) is 5.38. The van der Waals surface area contributed by atoms with Crippen molar-refractivity contribution in [3.63, 3.8) is 0 Å². The number of hydrogen-bond donors (Lipinski definition) is 3. The Kier molecular flexibility index (Phi) is 6.03. The molecule has 5 heteroatoms. The number of aliphatic hydroxyl groups excluding tert-OH is 1. The molecule has 2 rings (SSSR count). The van der Waals surface area contributed by atoms with Crippen LogP contribution in [0, 0.1) is 0 Å². The molecule has 2 aromatic rings. The van der Waals surface area contributed by atoms with Crippen molar-refractivity contribution in [3.05, 3.63) is 60.4 Å². The summed E-state index contributed by atoms with van der Waals surface area (Å²) in [5.41, 5.74) is 0.865. The SMILES string of the molecule is CC(CC(O)c1ccccc1)NC(=O)NCCn1cccc1. The third-order valence-electron chi connectivity index (χ3n) is 3.46. The van der Waals surface area contributed by atoms with Gasteiger partial charge in [-0.05, 0) is 31.0 Å². The van der Waals surface area contributed by atoms with Crippen molar-refractivity contribution < 1.29 is 9.90 Å². The van der Waals surface area contributed by atoms with Crippen molar-refractivity contribution in [2.45, 2.75) is 32.0 Å². The predicted molar refractivity (Wildman–Crippen MR) is 86.4 cm³/mol. The van der Waals surface area contributed by atoms with E-state index in [1.807, 2.05) is 66.3 Å². The van der Waals surface area contributed by atoms with Crippen molar-refractivity contribution in [2.75, 3.05) is 6.54 Å². The van der Waals surface area contributed by atoms with Crippen LogP contribution < -0.4 is 10.6 Å². The highest BCUT2D eigenvalue weighted by Crippen LogP contribution is 2.17. The lowest BCUT2D eigenvalue weighted by Crippen LogP contribution is -2.42. The molecule has 22 heavy (non-hydrogen) atoms. The Labute approximate surface area is 131 Å². The summed E-state index contributed by atoms with van der Waals surface area (Å²) >= 11 is 0. The molecule has 0 aliphatic carbocycles. The number of benzene rings is 1. The van der Waals surface area contributed by atoms with E-state index < -0.39 is 6.10 Å². The minimum atomic E-state index is -0.573. The molecule has 5 nitrogen and oxygen atoms in total. The molecule has 0 aliphatic heterocycles. The summed E-state index contributed by atoms with van der Waals surface area (Å²) in [6.07, 6.45) is 3.82. The molecule has 2 atom stereocenters. The van der Waals surface area contributed by atoms with Crippen LogP contribution in [0.3, 0.4) is 0 Å². The molecule has 1 heterocycles. The molecule has 0 spiro atoms.